The van der Waals surface area contributed by atoms with Gasteiger partial charge in [0.25, 0.3) is 11.6 Å². The van der Waals surface area contributed by atoms with E-state index in [9.17, 15) is 19.7 Å². The summed E-state index contributed by atoms with van der Waals surface area (Å²) in [5, 5.41) is 10.9. The van der Waals surface area contributed by atoms with Crippen molar-refractivity contribution in [2.75, 3.05) is 13.2 Å². The number of benzene rings is 1. The summed E-state index contributed by atoms with van der Waals surface area (Å²) in [4.78, 5) is 36.1. The first-order valence-corrected chi connectivity index (χ1v) is 8.10. The molecule has 0 saturated carbocycles. The van der Waals surface area contributed by atoms with E-state index in [0.717, 1.165) is 25.3 Å². The molecule has 8 heteroatoms. The average Bonchev–Trinajstić information content (AvgIpc) is 2.52. The third-order valence-electron chi connectivity index (χ3n) is 3.83. The van der Waals surface area contributed by atoms with Crippen LogP contribution in [0.5, 0.6) is 0 Å². The van der Waals surface area contributed by atoms with Crippen molar-refractivity contribution in [1.29, 1.82) is 0 Å². The van der Waals surface area contributed by atoms with E-state index < -0.39 is 10.9 Å². The molecule has 1 fully saturated rings. The minimum Gasteiger partial charge on any atom is -0.452 e. The second-order valence-electron chi connectivity index (χ2n) is 5.43. The van der Waals surface area contributed by atoms with Crippen LogP contribution in [0.25, 0.3) is 0 Å². The van der Waals surface area contributed by atoms with E-state index in [2.05, 4.69) is 15.9 Å². The summed E-state index contributed by atoms with van der Waals surface area (Å²) in [6.07, 6.45) is 2.98. The van der Waals surface area contributed by atoms with Crippen LogP contribution in [0.15, 0.2) is 22.7 Å². The maximum absolute atomic E-state index is 12.1. The molecule has 1 aromatic carbocycles. The summed E-state index contributed by atoms with van der Waals surface area (Å²) in [6, 6.07) is 4.08. The molecule has 2 rings (SSSR count). The highest BCUT2D eigenvalue weighted by Gasteiger charge is 2.24. The zero-order chi connectivity index (χ0) is 17.0. The monoisotopic (exact) mass is 384 g/mol. The second-order valence-corrected chi connectivity index (χ2v) is 6.29. The lowest BCUT2D eigenvalue weighted by molar-refractivity contribution is -0.385. The van der Waals surface area contributed by atoms with Crippen LogP contribution in [0.4, 0.5) is 5.69 Å². The molecule has 1 aliphatic heterocycles. The largest absolute Gasteiger partial charge is 0.452 e. The highest BCUT2D eigenvalue weighted by molar-refractivity contribution is 9.10. The molecule has 1 amide bonds. The third-order valence-corrected chi connectivity index (χ3v) is 4.50. The van der Waals surface area contributed by atoms with Crippen LogP contribution in [0, 0.1) is 10.1 Å². The van der Waals surface area contributed by atoms with E-state index in [-0.39, 0.29) is 34.3 Å². The molecule has 0 aliphatic carbocycles. The lowest BCUT2D eigenvalue weighted by Gasteiger charge is -2.33. The van der Waals surface area contributed by atoms with Crippen LogP contribution >= 0.6 is 15.9 Å². The summed E-state index contributed by atoms with van der Waals surface area (Å²) in [7, 11) is 0. The lowest BCUT2D eigenvalue weighted by atomic mass is 10.0. The molecule has 1 heterocycles. The predicted octanol–water partition coefficient (Wildman–Crippen LogP) is 2.92. The number of esters is 1. The van der Waals surface area contributed by atoms with Gasteiger partial charge in [0.2, 0.25) is 0 Å². The fourth-order valence-corrected chi connectivity index (χ4v) is 2.93. The summed E-state index contributed by atoms with van der Waals surface area (Å²) in [6.45, 7) is 2.28. The molecular formula is C15H17BrN2O5. The van der Waals surface area contributed by atoms with Crippen LogP contribution in [0.3, 0.4) is 0 Å². The Hall–Kier alpha value is -1.96. The van der Waals surface area contributed by atoms with Crippen molar-refractivity contribution in [2.45, 2.75) is 32.2 Å². The molecule has 1 atom stereocenters. The first kappa shape index (κ1) is 17.4. The van der Waals surface area contributed by atoms with Gasteiger partial charge in [-0.25, -0.2) is 4.79 Å². The highest BCUT2D eigenvalue weighted by atomic mass is 79.9. The zero-order valence-corrected chi connectivity index (χ0v) is 14.2. The second kappa shape index (κ2) is 7.54. The number of nitro benzene ring substituents is 1. The van der Waals surface area contributed by atoms with E-state index in [1.165, 1.54) is 12.1 Å². The van der Waals surface area contributed by atoms with Crippen LogP contribution in [-0.4, -0.2) is 40.9 Å². The molecule has 0 aromatic heterocycles. The van der Waals surface area contributed by atoms with Gasteiger partial charge in [0.15, 0.2) is 6.61 Å². The van der Waals surface area contributed by atoms with Crippen LogP contribution in [0.2, 0.25) is 0 Å². The minimum absolute atomic E-state index is 0.0411. The standard InChI is InChI=1S/C15H17BrN2O5/c1-10-4-2-3-7-17(10)14(19)9-23-15(20)11-5-6-12(16)13(8-11)18(21)22/h5-6,8,10H,2-4,7,9H2,1H3/t10-/m0/s1. The number of amides is 1. The molecule has 0 bridgehead atoms. The lowest BCUT2D eigenvalue weighted by Crippen LogP contribution is -2.44. The SMILES string of the molecule is C[C@H]1CCCCN1C(=O)COC(=O)c1ccc(Br)c([N+](=O)[O-])c1. The number of halogens is 1. The Morgan fingerprint density at radius 1 is 1.43 bits per heavy atom. The number of hydrogen-bond acceptors (Lipinski definition) is 5. The Balaban J connectivity index is 1.98. The van der Waals surface area contributed by atoms with Gasteiger partial charge < -0.3 is 9.64 Å². The number of nitrogens with zero attached hydrogens (tertiary/aromatic N) is 2. The topological polar surface area (TPSA) is 89.8 Å². The van der Waals surface area contributed by atoms with Gasteiger partial charge >= 0.3 is 5.97 Å². The molecule has 23 heavy (non-hydrogen) atoms. The summed E-state index contributed by atoms with van der Waals surface area (Å²) in [5.41, 5.74) is -0.185. The van der Waals surface area contributed by atoms with E-state index in [1.807, 2.05) is 6.92 Å². The summed E-state index contributed by atoms with van der Waals surface area (Å²) < 4.78 is 5.27. The molecular weight excluding hydrogens is 368 g/mol. The summed E-state index contributed by atoms with van der Waals surface area (Å²) in [5.74, 6) is -0.990. The van der Waals surface area contributed by atoms with Crippen molar-refractivity contribution in [1.82, 2.24) is 4.90 Å². The maximum Gasteiger partial charge on any atom is 0.338 e. The molecule has 7 nitrogen and oxygen atoms in total. The average molecular weight is 385 g/mol. The van der Waals surface area contributed by atoms with Crippen LogP contribution in [-0.2, 0) is 9.53 Å². The number of piperidine rings is 1. The fraction of sp³-hybridized carbons (Fsp3) is 0.467. The van der Waals surface area contributed by atoms with E-state index in [1.54, 1.807) is 4.90 Å². The van der Waals surface area contributed by atoms with Gasteiger partial charge in [-0.05, 0) is 54.2 Å². The van der Waals surface area contributed by atoms with Gasteiger partial charge in [-0.3, -0.25) is 14.9 Å². The quantitative estimate of drug-likeness (QED) is 0.452. The van der Waals surface area contributed by atoms with Crippen molar-refractivity contribution in [3.8, 4) is 0 Å². The number of carbonyl (C=O) groups is 2. The number of nitro groups is 1. The Bertz CT molecular complexity index is 634. The molecule has 1 saturated heterocycles. The van der Waals surface area contributed by atoms with Gasteiger partial charge in [-0.1, -0.05) is 0 Å². The minimum atomic E-state index is -0.751. The van der Waals surface area contributed by atoms with Crippen molar-refractivity contribution in [2.24, 2.45) is 0 Å². The Morgan fingerprint density at radius 2 is 2.17 bits per heavy atom. The van der Waals surface area contributed by atoms with Crippen molar-refractivity contribution in [3.05, 3.63) is 38.3 Å². The zero-order valence-electron chi connectivity index (χ0n) is 12.7. The molecule has 0 radical (unpaired) electrons. The van der Waals surface area contributed by atoms with Crippen molar-refractivity contribution < 1.29 is 19.2 Å². The number of hydrogen-bond donors (Lipinski definition) is 0. The number of rotatable bonds is 4. The molecule has 1 aliphatic rings. The molecule has 0 N–H and O–H groups in total. The fourth-order valence-electron chi connectivity index (χ4n) is 2.54. The summed E-state index contributed by atoms with van der Waals surface area (Å²) >= 11 is 3.05. The van der Waals surface area contributed by atoms with Crippen molar-refractivity contribution in [3.63, 3.8) is 0 Å². The van der Waals surface area contributed by atoms with Gasteiger partial charge in [-0.2, -0.15) is 0 Å². The van der Waals surface area contributed by atoms with Gasteiger partial charge in [-0.15, -0.1) is 0 Å². The van der Waals surface area contributed by atoms with Gasteiger partial charge in [0.05, 0.1) is 15.0 Å². The first-order chi connectivity index (χ1) is 10.9. The number of likely N-dealkylation sites (tertiary alicyclic amines) is 1. The molecule has 1 aromatic rings. The van der Waals surface area contributed by atoms with Gasteiger partial charge in [0.1, 0.15) is 0 Å². The number of ether oxygens (including phenoxy) is 1. The third kappa shape index (κ3) is 4.28. The maximum atomic E-state index is 12.1. The van der Waals surface area contributed by atoms with Crippen molar-refractivity contribution >= 4 is 33.5 Å². The normalized spacial score (nSPS) is 17.7. The van der Waals surface area contributed by atoms with E-state index in [0.29, 0.717) is 6.54 Å². The van der Waals surface area contributed by atoms with Crippen LogP contribution in [0.1, 0.15) is 36.5 Å². The molecule has 124 valence electrons. The van der Waals surface area contributed by atoms with Crippen LogP contribution < -0.4 is 0 Å². The van der Waals surface area contributed by atoms with E-state index >= 15 is 0 Å². The van der Waals surface area contributed by atoms with Gasteiger partial charge in [0, 0.05) is 18.7 Å². The highest BCUT2D eigenvalue weighted by Crippen LogP contribution is 2.26. The molecule has 0 spiro atoms. The first-order valence-electron chi connectivity index (χ1n) is 7.30. The Morgan fingerprint density at radius 3 is 2.83 bits per heavy atom. The predicted molar refractivity (Wildman–Crippen MR) is 86.1 cm³/mol. The Labute approximate surface area is 141 Å². The Kier molecular flexibility index (Phi) is 5.70. The smallest absolute Gasteiger partial charge is 0.338 e. The number of carbonyl (C=O) groups excluding carboxylic acids is 2. The van der Waals surface area contributed by atoms with E-state index in [4.69, 9.17) is 4.74 Å². The molecule has 0 unspecified atom stereocenters.